The van der Waals surface area contributed by atoms with Gasteiger partial charge in [0.2, 0.25) is 5.91 Å². The average molecular weight is 526 g/mol. The van der Waals surface area contributed by atoms with Crippen molar-refractivity contribution in [3.8, 4) is 0 Å². The second-order valence-corrected chi connectivity index (χ2v) is 12.0. The van der Waals surface area contributed by atoms with Crippen molar-refractivity contribution in [1.82, 2.24) is 9.80 Å². The molecular weight excluding hydrogens is 473 g/mol. The third-order valence-corrected chi connectivity index (χ3v) is 8.23. The zero-order valence-corrected chi connectivity index (χ0v) is 25.4. The number of rotatable bonds is 6. The van der Waals surface area contributed by atoms with Crippen LogP contribution in [0, 0.1) is 17.3 Å². The van der Waals surface area contributed by atoms with Gasteiger partial charge in [-0.3, -0.25) is 9.79 Å². The minimum atomic E-state index is -0.361. The van der Waals surface area contributed by atoms with Gasteiger partial charge in [-0.1, -0.05) is 33.8 Å². The molecule has 0 radical (unpaired) electrons. The van der Waals surface area contributed by atoms with Crippen molar-refractivity contribution in [2.24, 2.45) is 22.2 Å². The van der Waals surface area contributed by atoms with Crippen molar-refractivity contribution in [2.45, 2.75) is 85.8 Å². The minimum absolute atomic E-state index is 0.0154. The van der Waals surface area contributed by atoms with Crippen molar-refractivity contribution >= 4 is 23.2 Å². The summed E-state index contributed by atoms with van der Waals surface area (Å²) in [6, 6.07) is 0.212. The third kappa shape index (κ3) is 9.60. The van der Waals surface area contributed by atoms with Gasteiger partial charge in [0.25, 0.3) is 0 Å². The Hall–Kier alpha value is -1.18. The summed E-state index contributed by atoms with van der Waals surface area (Å²) in [4.78, 5) is 20.9. The molecule has 0 aromatic rings. The molecule has 2 rings (SSSR count). The van der Waals surface area contributed by atoms with Crippen LogP contribution in [-0.2, 0) is 9.53 Å². The van der Waals surface area contributed by atoms with E-state index in [1.807, 2.05) is 31.2 Å². The minimum Gasteiger partial charge on any atom is -0.373 e. The van der Waals surface area contributed by atoms with Crippen LogP contribution in [0.5, 0.6) is 0 Å². The van der Waals surface area contributed by atoms with Gasteiger partial charge in [0, 0.05) is 44.6 Å². The van der Waals surface area contributed by atoms with Gasteiger partial charge in [0.05, 0.1) is 23.7 Å². The Balaban J connectivity index is 0.00000118. The van der Waals surface area contributed by atoms with Gasteiger partial charge in [-0.15, -0.1) is 11.8 Å². The summed E-state index contributed by atoms with van der Waals surface area (Å²) in [6.07, 6.45) is 9.16. The Bertz CT molecular complexity index is 780. The highest BCUT2D eigenvalue weighted by Crippen LogP contribution is 2.41. The van der Waals surface area contributed by atoms with Crippen molar-refractivity contribution in [2.75, 3.05) is 46.6 Å². The second-order valence-electron chi connectivity index (χ2n) is 11.3. The molecule has 7 heteroatoms. The lowest BCUT2D eigenvalue weighted by molar-refractivity contribution is -0.136. The Morgan fingerprint density at radius 3 is 2.56 bits per heavy atom. The van der Waals surface area contributed by atoms with E-state index in [0.717, 1.165) is 50.9 Å². The van der Waals surface area contributed by atoms with Crippen LogP contribution in [0.2, 0.25) is 0 Å². The van der Waals surface area contributed by atoms with E-state index >= 15 is 0 Å². The molecule has 1 amide bonds. The molecule has 1 fully saturated rings. The summed E-state index contributed by atoms with van der Waals surface area (Å²) < 4.78 is 21.5. The first-order valence-corrected chi connectivity index (χ1v) is 14.7. The number of hydrogen-bond acceptors (Lipinski definition) is 5. The van der Waals surface area contributed by atoms with Crippen molar-refractivity contribution in [3.05, 3.63) is 23.6 Å². The normalized spacial score (nSPS) is 29.1. The number of aliphatic imine (C=N–C) groups is 1. The predicted octanol–water partition coefficient (Wildman–Crippen LogP) is 6.60. The monoisotopic (exact) mass is 525 g/mol. The van der Waals surface area contributed by atoms with Gasteiger partial charge >= 0.3 is 0 Å². The van der Waals surface area contributed by atoms with Gasteiger partial charge in [0.15, 0.2) is 0 Å². The first-order valence-electron chi connectivity index (χ1n) is 13.5. The summed E-state index contributed by atoms with van der Waals surface area (Å²) in [7, 11) is 3.66. The van der Waals surface area contributed by atoms with Gasteiger partial charge in [0.1, 0.15) is 5.83 Å². The first kappa shape index (κ1) is 32.8. The largest absolute Gasteiger partial charge is 0.373 e. The highest BCUT2D eigenvalue weighted by molar-refractivity contribution is 8.11. The summed E-state index contributed by atoms with van der Waals surface area (Å²) in [5, 5.41) is 0. The number of halogens is 1. The molecule has 208 valence electrons. The molecule has 1 saturated heterocycles. The number of thioether (sulfide) groups is 1. The molecular formula is C29H52FN3O2S. The van der Waals surface area contributed by atoms with Gasteiger partial charge in [-0.25, -0.2) is 4.39 Å². The number of ether oxygens (including phenoxy) is 1. The van der Waals surface area contributed by atoms with Crippen LogP contribution in [0.25, 0.3) is 0 Å². The van der Waals surface area contributed by atoms with E-state index in [0.29, 0.717) is 6.61 Å². The lowest BCUT2D eigenvalue weighted by Crippen LogP contribution is -2.44. The fourth-order valence-corrected chi connectivity index (χ4v) is 5.03. The maximum absolute atomic E-state index is 14.8. The highest BCUT2D eigenvalue weighted by atomic mass is 32.2. The number of hydrogen-bond donors (Lipinski definition) is 0. The van der Waals surface area contributed by atoms with E-state index < -0.39 is 0 Å². The summed E-state index contributed by atoms with van der Waals surface area (Å²) in [5.74, 6) is 0.140. The summed E-state index contributed by atoms with van der Waals surface area (Å²) in [6.45, 7) is 17.6. The quantitative estimate of drug-likeness (QED) is 0.289. The third-order valence-electron chi connectivity index (χ3n) is 7.81. The fraction of sp³-hybridized carbons (Fsp3) is 0.793. The molecule has 3 unspecified atom stereocenters. The van der Waals surface area contributed by atoms with E-state index in [1.165, 1.54) is 0 Å². The van der Waals surface area contributed by atoms with Crippen LogP contribution in [0.4, 0.5) is 4.39 Å². The molecule has 0 aliphatic carbocycles. The van der Waals surface area contributed by atoms with Gasteiger partial charge in [-0.05, 0) is 70.9 Å². The van der Waals surface area contributed by atoms with E-state index in [-0.39, 0.29) is 40.6 Å². The van der Waals surface area contributed by atoms with Crippen LogP contribution < -0.4 is 0 Å². The van der Waals surface area contributed by atoms with Crippen molar-refractivity contribution < 1.29 is 13.9 Å². The molecule has 2 aliphatic heterocycles. The lowest BCUT2D eigenvalue weighted by Gasteiger charge is -2.41. The SMILES string of the molecule is CCC(CN1CCCC2(CC1)OCC(C)(C)/C=C\C(F)=C(\C)C2C)C(=O)N(C)C(C)C.CN=CSC. The zero-order valence-electron chi connectivity index (χ0n) is 24.6. The van der Waals surface area contributed by atoms with Crippen LogP contribution >= 0.6 is 11.8 Å². The number of allylic oxidation sites excluding steroid dienone is 2. The summed E-state index contributed by atoms with van der Waals surface area (Å²) >= 11 is 1.61. The van der Waals surface area contributed by atoms with Crippen molar-refractivity contribution in [3.63, 3.8) is 0 Å². The fourth-order valence-electron chi connectivity index (χ4n) is 4.82. The second kappa shape index (κ2) is 15.3. The smallest absolute Gasteiger partial charge is 0.226 e. The van der Waals surface area contributed by atoms with Gasteiger partial charge in [-0.2, -0.15) is 0 Å². The van der Waals surface area contributed by atoms with Crippen molar-refractivity contribution in [1.29, 1.82) is 0 Å². The standard InChI is InChI=1S/C26H45FN2O2.C3H7NS/c1-9-22(24(30)28(8)19(2)3)17-29-15-10-12-26(14-16-29)21(5)20(4)23(27)11-13-25(6,7)18-31-26;1-4-3-5-2/h11,13,19,21-22H,9-10,12,14-18H2,1-8H3;3H,1-2H3/b13-11-,23-20+;. The Labute approximate surface area is 225 Å². The molecule has 0 saturated carbocycles. The lowest BCUT2D eigenvalue weighted by atomic mass is 9.78. The van der Waals surface area contributed by atoms with Crippen LogP contribution in [-0.4, -0.2) is 79.5 Å². The molecule has 0 aromatic heterocycles. The zero-order chi connectivity index (χ0) is 27.5. The number of likely N-dealkylation sites (tertiary alicyclic amines) is 1. The van der Waals surface area contributed by atoms with Crippen LogP contribution in [0.15, 0.2) is 28.5 Å². The first-order chi connectivity index (χ1) is 16.8. The maximum atomic E-state index is 14.8. The van der Waals surface area contributed by atoms with E-state index in [1.54, 1.807) is 30.4 Å². The number of amides is 1. The molecule has 2 aliphatic rings. The molecule has 0 bridgehead atoms. The molecule has 1 spiro atoms. The van der Waals surface area contributed by atoms with Gasteiger partial charge < -0.3 is 14.5 Å². The average Bonchev–Trinajstić information content (AvgIpc) is 3.05. The molecule has 5 nitrogen and oxygen atoms in total. The van der Waals surface area contributed by atoms with Crippen LogP contribution in [0.1, 0.15) is 74.1 Å². The van der Waals surface area contributed by atoms with E-state index in [9.17, 15) is 9.18 Å². The predicted molar refractivity (Wildman–Crippen MR) is 154 cm³/mol. The molecule has 0 aromatic carbocycles. The maximum Gasteiger partial charge on any atom is 0.226 e. The number of nitrogens with zero attached hydrogens (tertiary/aromatic N) is 3. The highest BCUT2D eigenvalue weighted by Gasteiger charge is 2.42. The Morgan fingerprint density at radius 1 is 1.36 bits per heavy atom. The topological polar surface area (TPSA) is 45.1 Å². The van der Waals surface area contributed by atoms with E-state index in [2.05, 4.69) is 51.4 Å². The molecule has 2 heterocycles. The summed E-state index contributed by atoms with van der Waals surface area (Å²) in [5.41, 5.74) is 2.00. The van der Waals surface area contributed by atoms with E-state index in [4.69, 9.17) is 4.74 Å². The molecule has 3 atom stereocenters. The number of carbonyl (C=O) groups is 1. The van der Waals surface area contributed by atoms with Crippen LogP contribution in [0.3, 0.4) is 0 Å². The number of carbonyl (C=O) groups excluding carboxylic acids is 1. The Morgan fingerprint density at radius 2 is 2.03 bits per heavy atom. The molecule has 36 heavy (non-hydrogen) atoms. The Kier molecular flexibility index (Phi) is 13.9. The molecule has 0 N–H and O–H groups in total.